The van der Waals surface area contributed by atoms with Gasteiger partial charge in [-0.1, -0.05) is 0 Å². The number of nitrogens with zero attached hydrogens (tertiary/aromatic N) is 2. The molecule has 0 atom stereocenters. The van der Waals surface area contributed by atoms with Crippen LogP contribution in [0.4, 0.5) is 0 Å². The molecule has 10 heavy (non-hydrogen) atoms. The maximum absolute atomic E-state index is 8.44. The molecule has 0 aliphatic heterocycles. The Balaban J connectivity index is 3.01. The molecule has 0 saturated carbocycles. The number of hydrogen-bond acceptors (Lipinski definition) is 2. The first-order valence-electron chi connectivity index (χ1n) is 2.82. The van der Waals surface area contributed by atoms with Crippen LogP contribution in [0.15, 0.2) is 24.5 Å². The highest BCUT2D eigenvalue weighted by atomic mass is 16.6. The van der Waals surface area contributed by atoms with Crippen LogP contribution in [0.1, 0.15) is 5.56 Å². The summed E-state index contributed by atoms with van der Waals surface area (Å²) in [7, 11) is 1.54. The third kappa shape index (κ3) is 1.23. The van der Waals surface area contributed by atoms with Gasteiger partial charge in [0.05, 0.1) is 0 Å². The Morgan fingerprint density at radius 2 is 2.50 bits per heavy atom. The number of rotatable bonds is 1. The van der Waals surface area contributed by atoms with E-state index in [2.05, 4.69) is 0 Å². The van der Waals surface area contributed by atoms with Crippen molar-refractivity contribution < 1.29 is 9.57 Å². The van der Waals surface area contributed by atoms with Crippen molar-refractivity contribution in [2.45, 2.75) is 0 Å². The summed E-state index contributed by atoms with van der Waals surface area (Å²) in [6, 6.07) is 5.47. The van der Waals surface area contributed by atoms with E-state index < -0.39 is 0 Å². The highest BCUT2D eigenvalue weighted by Gasteiger charge is 1.98. The molecule has 50 valence electrons. The molecule has 0 aromatic carbocycles. The summed E-state index contributed by atoms with van der Waals surface area (Å²) in [4.78, 5) is 4.82. The normalized spacial score (nSPS) is 8.40. The molecule has 1 aromatic rings. The highest BCUT2D eigenvalue weighted by molar-refractivity contribution is 5.21. The van der Waals surface area contributed by atoms with Gasteiger partial charge in [0, 0.05) is 10.8 Å². The standard InChI is InChI=1S/C7H7N2O/c1-10-9-4-2-3-7(5-8)6-9/h2-4,6H,1H3/q+1. The van der Waals surface area contributed by atoms with Crippen molar-refractivity contribution in [2.24, 2.45) is 0 Å². The van der Waals surface area contributed by atoms with Crippen LogP contribution in [0.3, 0.4) is 0 Å². The van der Waals surface area contributed by atoms with Crippen LogP contribution in [0, 0.1) is 11.3 Å². The molecule has 0 saturated heterocycles. The lowest BCUT2D eigenvalue weighted by Crippen LogP contribution is -2.39. The third-order valence-corrected chi connectivity index (χ3v) is 1.12. The van der Waals surface area contributed by atoms with Gasteiger partial charge in [-0.15, -0.1) is 0 Å². The van der Waals surface area contributed by atoms with Crippen LogP contribution < -0.4 is 9.57 Å². The topological polar surface area (TPSA) is 36.9 Å². The second kappa shape index (κ2) is 2.83. The zero-order valence-corrected chi connectivity index (χ0v) is 5.61. The summed E-state index contributed by atoms with van der Waals surface area (Å²) >= 11 is 0. The van der Waals surface area contributed by atoms with Crippen molar-refractivity contribution in [2.75, 3.05) is 7.11 Å². The first-order chi connectivity index (χ1) is 4.86. The average molecular weight is 135 g/mol. The SMILES string of the molecule is CO[n+]1cccc(C#N)c1. The Labute approximate surface area is 59.1 Å². The average Bonchev–Trinajstić information content (AvgIpc) is 2.05. The Morgan fingerprint density at radius 1 is 1.70 bits per heavy atom. The molecule has 0 N–H and O–H groups in total. The van der Waals surface area contributed by atoms with Crippen LogP contribution in [0.5, 0.6) is 0 Å². The van der Waals surface area contributed by atoms with Gasteiger partial charge in [-0.05, 0) is 6.07 Å². The fraction of sp³-hybridized carbons (Fsp3) is 0.143. The molecule has 0 spiro atoms. The van der Waals surface area contributed by atoms with Crippen molar-refractivity contribution in [3.63, 3.8) is 0 Å². The molecule has 0 aliphatic rings. The van der Waals surface area contributed by atoms with Gasteiger partial charge in [0.2, 0.25) is 12.4 Å². The van der Waals surface area contributed by atoms with E-state index >= 15 is 0 Å². The first kappa shape index (κ1) is 6.56. The van der Waals surface area contributed by atoms with Crippen molar-refractivity contribution in [1.82, 2.24) is 0 Å². The van der Waals surface area contributed by atoms with Gasteiger partial charge in [-0.2, -0.15) is 5.26 Å². The molecular formula is C7H7N2O+. The number of aromatic nitrogens is 1. The summed E-state index contributed by atoms with van der Waals surface area (Å²) < 4.78 is 1.47. The molecule has 1 aromatic heterocycles. The lowest BCUT2D eigenvalue weighted by molar-refractivity contribution is -0.885. The Hall–Kier alpha value is -1.56. The monoisotopic (exact) mass is 135 g/mol. The minimum atomic E-state index is 0.587. The maximum atomic E-state index is 8.44. The van der Waals surface area contributed by atoms with Crippen LogP contribution >= 0.6 is 0 Å². The largest absolute Gasteiger partial charge is 0.275 e. The molecule has 0 unspecified atom stereocenters. The zero-order chi connectivity index (χ0) is 7.40. The minimum absolute atomic E-state index is 0.587. The smallest absolute Gasteiger partial charge is 0.240 e. The molecule has 0 amide bonds. The zero-order valence-electron chi connectivity index (χ0n) is 5.61. The van der Waals surface area contributed by atoms with Crippen molar-refractivity contribution >= 4 is 0 Å². The van der Waals surface area contributed by atoms with Crippen molar-refractivity contribution in [3.05, 3.63) is 30.1 Å². The highest BCUT2D eigenvalue weighted by Crippen LogP contribution is 1.88. The van der Waals surface area contributed by atoms with Gasteiger partial charge in [0.25, 0.3) is 0 Å². The van der Waals surface area contributed by atoms with Gasteiger partial charge >= 0.3 is 0 Å². The summed E-state index contributed by atoms with van der Waals surface area (Å²) in [5, 5.41) is 8.44. The second-order valence-corrected chi connectivity index (χ2v) is 1.75. The molecule has 3 heteroatoms. The quantitative estimate of drug-likeness (QED) is 0.504. The summed E-state index contributed by atoms with van der Waals surface area (Å²) in [6.45, 7) is 0. The third-order valence-electron chi connectivity index (χ3n) is 1.12. The van der Waals surface area contributed by atoms with Gasteiger partial charge in [-0.25, -0.2) is 0 Å². The van der Waals surface area contributed by atoms with Gasteiger partial charge in [0.1, 0.15) is 18.7 Å². The van der Waals surface area contributed by atoms with Gasteiger partial charge in [0.15, 0.2) is 0 Å². The number of nitriles is 1. The lowest BCUT2D eigenvalue weighted by Gasteiger charge is -1.87. The van der Waals surface area contributed by atoms with E-state index in [0.29, 0.717) is 5.56 Å². The fourth-order valence-electron chi connectivity index (χ4n) is 0.634. The lowest BCUT2D eigenvalue weighted by atomic mass is 10.3. The first-order valence-corrected chi connectivity index (χ1v) is 2.82. The van der Waals surface area contributed by atoms with E-state index in [-0.39, 0.29) is 0 Å². The number of hydrogen-bond donors (Lipinski definition) is 0. The minimum Gasteiger partial charge on any atom is -0.275 e. The van der Waals surface area contributed by atoms with Gasteiger partial charge in [-0.3, -0.25) is 4.84 Å². The molecule has 3 nitrogen and oxygen atoms in total. The van der Waals surface area contributed by atoms with Crippen molar-refractivity contribution in [1.29, 1.82) is 5.26 Å². The molecule has 1 heterocycles. The molecule has 0 aliphatic carbocycles. The number of pyridine rings is 1. The molecular weight excluding hydrogens is 128 g/mol. The summed E-state index contributed by atoms with van der Waals surface area (Å²) in [6.07, 6.45) is 3.33. The fourth-order valence-corrected chi connectivity index (χ4v) is 0.634. The Bertz CT molecular complexity index is 265. The molecule has 0 bridgehead atoms. The summed E-state index contributed by atoms with van der Waals surface area (Å²) in [5.74, 6) is 0. The van der Waals surface area contributed by atoms with E-state index in [1.165, 1.54) is 4.73 Å². The van der Waals surface area contributed by atoms with Crippen molar-refractivity contribution in [3.8, 4) is 6.07 Å². The Kier molecular flexibility index (Phi) is 1.86. The Morgan fingerprint density at radius 3 is 3.10 bits per heavy atom. The maximum Gasteiger partial charge on any atom is 0.240 e. The predicted octanol–water partition coefficient (Wildman–Crippen LogP) is -0.0958. The van der Waals surface area contributed by atoms with E-state index in [1.807, 2.05) is 6.07 Å². The van der Waals surface area contributed by atoms with E-state index in [1.54, 1.807) is 31.6 Å². The van der Waals surface area contributed by atoms with Gasteiger partial charge < -0.3 is 0 Å². The molecule has 0 radical (unpaired) electrons. The van der Waals surface area contributed by atoms with Crippen LogP contribution in [0.25, 0.3) is 0 Å². The van der Waals surface area contributed by atoms with Crippen LogP contribution in [-0.2, 0) is 0 Å². The van der Waals surface area contributed by atoms with E-state index in [9.17, 15) is 0 Å². The van der Waals surface area contributed by atoms with E-state index in [0.717, 1.165) is 0 Å². The predicted molar refractivity (Wildman–Crippen MR) is 33.9 cm³/mol. The summed E-state index contributed by atoms with van der Waals surface area (Å²) in [5.41, 5.74) is 0.587. The van der Waals surface area contributed by atoms with E-state index in [4.69, 9.17) is 10.1 Å². The van der Waals surface area contributed by atoms with Crippen LogP contribution in [-0.4, -0.2) is 7.11 Å². The van der Waals surface area contributed by atoms with Crippen LogP contribution in [0.2, 0.25) is 0 Å². The molecule has 1 rings (SSSR count). The second-order valence-electron chi connectivity index (χ2n) is 1.75. The molecule has 0 fully saturated rings.